The van der Waals surface area contributed by atoms with Crippen molar-refractivity contribution in [3.8, 4) is 0 Å². The van der Waals surface area contributed by atoms with Gasteiger partial charge in [-0.1, -0.05) is 26.8 Å². The van der Waals surface area contributed by atoms with Crippen LogP contribution >= 0.6 is 0 Å². The summed E-state index contributed by atoms with van der Waals surface area (Å²) in [6.45, 7) is 9.98. The molecule has 0 saturated carbocycles. The molecular formula is C16H24FN. The highest BCUT2D eigenvalue weighted by Crippen LogP contribution is 2.40. The van der Waals surface area contributed by atoms with Gasteiger partial charge in [-0.2, -0.15) is 0 Å². The minimum atomic E-state index is -0.127. The Hall–Kier alpha value is -0.890. The van der Waals surface area contributed by atoms with Crippen molar-refractivity contribution in [1.82, 2.24) is 5.32 Å². The van der Waals surface area contributed by atoms with E-state index in [0.717, 1.165) is 18.5 Å². The Bertz CT molecular complexity index is 425. The molecule has 1 fully saturated rings. The lowest BCUT2D eigenvalue weighted by atomic mass is 9.69. The zero-order chi connectivity index (χ0) is 13.4. The first-order chi connectivity index (χ1) is 8.34. The number of hydrogen-bond acceptors (Lipinski definition) is 1. The van der Waals surface area contributed by atoms with Gasteiger partial charge in [-0.05, 0) is 61.4 Å². The molecular weight excluding hydrogens is 225 g/mol. The maximum absolute atomic E-state index is 13.4. The second-order valence-corrected chi connectivity index (χ2v) is 6.61. The van der Waals surface area contributed by atoms with Gasteiger partial charge in [0.2, 0.25) is 0 Å². The van der Waals surface area contributed by atoms with Gasteiger partial charge in [0.25, 0.3) is 0 Å². The average Bonchev–Trinajstić information content (AvgIpc) is 2.72. The molecule has 0 aliphatic carbocycles. The SMILES string of the molecule is Cc1ccc(F)cc1CC1(C(C)(C)C)CCCN1. The Labute approximate surface area is 110 Å². The van der Waals surface area contributed by atoms with Crippen LogP contribution in [0.2, 0.25) is 0 Å². The molecule has 1 atom stereocenters. The molecule has 1 saturated heterocycles. The molecule has 1 N–H and O–H groups in total. The predicted molar refractivity (Wildman–Crippen MR) is 74.3 cm³/mol. The fourth-order valence-corrected chi connectivity index (χ4v) is 3.02. The summed E-state index contributed by atoms with van der Waals surface area (Å²) >= 11 is 0. The van der Waals surface area contributed by atoms with Crippen LogP contribution in [0.4, 0.5) is 4.39 Å². The monoisotopic (exact) mass is 249 g/mol. The largest absolute Gasteiger partial charge is 0.310 e. The zero-order valence-electron chi connectivity index (χ0n) is 11.9. The van der Waals surface area contributed by atoms with Crippen LogP contribution < -0.4 is 5.32 Å². The van der Waals surface area contributed by atoms with E-state index in [4.69, 9.17) is 0 Å². The highest BCUT2D eigenvalue weighted by molar-refractivity contribution is 5.29. The van der Waals surface area contributed by atoms with E-state index in [0.29, 0.717) is 0 Å². The van der Waals surface area contributed by atoms with Gasteiger partial charge in [0.05, 0.1) is 0 Å². The first kappa shape index (κ1) is 13.5. The highest BCUT2D eigenvalue weighted by atomic mass is 19.1. The third kappa shape index (κ3) is 2.44. The normalized spacial score (nSPS) is 24.5. The van der Waals surface area contributed by atoms with Crippen LogP contribution in [0.5, 0.6) is 0 Å². The number of rotatable bonds is 2. The van der Waals surface area contributed by atoms with Gasteiger partial charge in [-0.3, -0.25) is 0 Å². The Morgan fingerprint density at radius 1 is 1.33 bits per heavy atom. The maximum Gasteiger partial charge on any atom is 0.123 e. The number of halogens is 1. The highest BCUT2D eigenvalue weighted by Gasteiger charge is 2.43. The molecule has 2 heteroatoms. The Morgan fingerprint density at radius 2 is 2.06 bits per heavy atom. The molecule has 100 valence electrons. The van der Waals surface area contributed by atoms with Gasteiger partial charge >= 0.3 is 0 Å². The van der Waals surface area contributed by atoms with E-state index in [-0.39, 0.29) is 16.8 Å². The zero-order valence-corrected chi connectivity index (χ0v) is 11.9. The molecule has 18 heavy (non-hydrogen) atoms. The Balaban J connectivity index is 2.32. The molecule has 1 aromatic rings. The molecule has 0 radical (unpaired) electrons. The van der Waals surface area contributed by atoms with Crippen LogP contribution in [0.3, 0.4) is 0 Å². The maximum atomic E-state index is 13.4. The lowest BCUT2D eigenvalue weighted by Crippen LogP contribution is -2.52. The third-order valence-electron chi connectivity index (χ3n) is 4.48. The number of aryl methyl sites for hydroxylation is 1. The van der Waals surface area contributed by atoms with Crippen molar-refractivity contribution in [2.75, 3.05) is 6.54 Å². The van der Waals surface area contributed by atoms with Gasteiger partial charge in [-0.25, -0.2) is 4.39 Å². The molecule has 2 rings (SSSR count). The molecule has 1 heterocycles. The van der Waals surface area contributed by atoms with E-state index in [1.54, 1.807) is 12.1 Å². The summed E-state index contributed by atoms with van der Waals surface area (Å²) in [5, 5.41) is 3.68. The van der Waals surface area contributed by atoms with Crippen molar-refractivity contribution in [3.63, 3.8) is 0 Å². The molecule has 1 aliphatic heterocycles. The summed E-state index contributed by atoms with van der Waals surface area (Å²) in [6, 6.07) is 5.13. The van der Waals surface area contributed by atoms with Crippen molar-refractivity contribution in [3.05, 3.63) is 35.1 Å². The smallest absolute Gasteiger partial charge is 0.123 e. The van der Waals surface area contributed by atoms with Crippen molar-refractivity contribution >= 4 is 0 Å². The minimum absolute atomic E-state index is 0.103. The summed E-state index contributed by atoms with van der Waals surface area (Å²) in [6.07, 6.45) is 3.30. The summed E-state index contributed by atoms with van der Waals surface area (Å²) in [7, 11) is 0. The molecule has 1 aromatic carbocycles. The lowest BCUT2D eigenvalue weighted by Gasteiger charge is -2.43. The van der Waals surface area contributed by atoms with Crippen LogP contribution in [0.15, 0.2) is 18.2 Å². The second-order valence-electron chi connectivity index (χ2n) is 6.61. The van der Waals surface area contributed by atoms with Crippen molar-refractivity contribution in [1.29, 1.82) is 0 Å². The van der Waals surface area contributed by atoms with Crippen LogP contribution in [0.1, 0.15) is 44.7 Å². The fourth-order valence-electron chi connectivity index (χ4n) is 3.02. The average molecular weight is 249 g/mol. The van der Waals surface area contributed by atoms with E-state index < -0.39 is 0 Å². The Morgan fingerprint density at radius 3 is 2.61 bits per heavy atom. The van der Waals surface area contributed by atoms with Crippen LogP contribution in [0.25, 0.3) is 0 Å². The topological polar surface area (TPSA) is 12.0 Å². The summed E-state index contributed by atoms with van der Waals surface area (Å²) in [5.41, 5.74) is 2.61. The molecule has 1 aliphatic rings. The Kier molecular flexibility index (Phi) is 3.50. The molecule has 1 unspecified atom stereocenters. The van der Waals surface area contributed by atoms with E-state index in [1.807, 2.05) is 6.07 Å². The van der Waals surface area contributed by atoms with E-state index in [1.165, 1.54) is 18.4 Å². The van der Waals surface area contributed by atoms with Gasteiger partial charge in [0.1, 0.15) is 5.82 Å². The summed E-state index contributed by atoms with van der Waals surface area (Å²) < 4.78 is 13.4. The van der Waals surface area contributed by atoms with E-state index >= 15 is 0 Å². The van der Waals surface area contributed by atoms with Gasteiger partial charge in [0.15, 0.2) is 0 Å². The van der Waals surface area contributed by atoms with Gasteiger partial charge < -0.3 is 5.32 Å². The standard InChI is InChI=1S/C16H24FN/c1-12-6-7-14(17)10-13(12)11-16(15(2,3)4)8-5-9-18-16/h6-7,10,18H,5,8-9,11H2,1-4H3. The van der Waals surface area contributed by atoms with Gasteiger partial charge in [-0.15, -0.1) is 0 Å². The minimum Gasteiger partial charge on any atom is -0.310 e. The molecule has 0 spiro atoms. The van der Waals surface area contributed by atoms with Crippen LogP contribution in [-0.2, 0) is 6.42 Å². The van der Waals surface area contributed by atoms with E-state index in [9.17, 15) is 4.39 Å². The quantitative estimate of drug-likeness (QED) is 0.839. The van der Waals surface area contributed by atoms with Crippen LogP contribution in [0, 0.1) is 18.2 Å². The number of nitrogens with one attached hydrogen (secondary N) is 1. The fraction of sp³-hybridized carbons (Fsp3) is 0.625. The van der Waals surface area contributed by atoms with Gasteiger partial charge in [0, 0.05) is 5.54 Å². The number of benzene rings is 1. The molecule has 0 bridgehead atoms. The lowest BCUT2D eigenvalue weighted by molar-refractivity contribution is 0.159. The first-order valence-electron chi connectivity index (χ1n) is 6.84. The summed E-state index contributed by atoms with van der Waals surface area (Å²) in [5.74, 6) is -0.127. The predicted octanol–water partition coefficient (Wildman–Crippen LogP) is 3.84. The van der Waals surface area contributed by atoms with Crippen molar-refractivity contribution in [2.45, 2.75) is 52.5 Å². The van der Waals surface area contributed by atoms with Crippen molar-refractivity contribution < 1.29 is 4.39 Å². The summed E-state index contributed by atoms with van der Waals surface area (Å²) in [4.78, 5) is 0. The molecule has 1 nitrogen and oxygen atoms in total. The third-order valence-corrected chi connectivity index (χ3v) is 4.48. The first-order valence-corrected chi connectivity index (χ1v) is 6.84. The second kappa shape index (κ2) is 4.65. The molecule has 0 amide bonds. The van der Waals surface area contributed by atoms with Crippen LogP contribution in [-0.4, -0.2) is 12.1 Å². The van der Waals surface area contributed by atoms with Crippen molar-refractivity contribution in [2.24, 2.45) is 5.41 Å². The number of hydrogen-bond donors (Lipinski definition) is 1. The molecule has 0 aromatic heterocycles. The van der Waals surface area contributed by atoms with E-state index in [2.05, 4.69) is 33.0 Å².